The fourth-order valence-corrected chi connectivity index (χ4v) is 4.26. The predicted octanol–water partition coefficient (Wildman–Crippen LogP) is 7.11. The number of hydrogen-bond acceptors (Lipinski definition) is 2. The average molecular weight is 427 g/mol. The van der Waals surface area contributed by atoms with Crippen LogP contribution < -0.4 is 4.74 Å². The second-order valence-corrected chi connectivity index (χ2v) is 8.91. The zero-order chi connectivity index (χ0) is 22.3. The molecule has 0 atom stereocenters. The number of hydrogen-bond donors (Lipinski definition) is 0. The third-order valence-electron chi connectivity index (χ3n) is 6.04. The molecule has 0 unspecified atom stereocenters. The van der Waals surface area contributed by atoms with Crippen molar-refractivity contribution < 1.29 is 4.74 Å². The number of ether oxygens (including phenoxy) is 1. The van der Waals surface area contributed by atoms with Crippen LogP contribution in [-0.2, 0) is 19.4 Å². The number of fused-ring (bicyclic) bond motifs is 1. The summed E-state index contributed by atoms with van der Waals surface area (Å²) in [6.45, 7) is 8.28. The Morgan fingerprint density at radius 2 is 1.66 bits per heavy atom. The Morgan fingerprint density at radius 3 is 2.47 bits per heavy atom. The molecule has 0 bridgehead atoms. The van der Waals surface area contributed by atoms with E-state index in [-0.39, 0.29) is 0 Å². The van der Waals surface area contributed by atoms with E-state index in [9.17, 15) is 0 Å². The number of aryl methyl sites for hydroxylation is 4. The van der Waals surface area contributed by atoms with Crippen LogP contribution in [0.3, 0.4) is 0 Å². The van der Waals surface area contributed by atoms with Crippen LogP contribution in [0, 0.1) is 6.92 Å². The predicted molar refractivity (Wildman–Crippen MR) is 134 cm³/mol. The summed E-state index contributed by atoms with van der Waals surface area (Å²) in [5.41, 5.74) is 6.22. The highest BCUT2D eigenvalue weighted by Crippen LogP contribution is 2.27. The van der Waals surface area contributed by atoms with Crippen molar-refractivity contribution in [1.29, 1.82) is 0 Å². The van der Waals surface area contributed by atoms with Gasteiger partial charge in [0.25, 0.3) is 0 Å². The van der Waals surface area contributed by atoms with Gasteiger partial charge in [-0.25, -0.2) is 4.98 Å². The first-order valence-corrected chi connectivity index (χ1v) is 11.8. The summed E-state index contributed by atoms with van der Waals surface area (Å²) in [7, 11) is 0. The third-order valence-corrected chi connectivity index (χ3v) is 6.04. The topological polar surface area (TPSA) is 27.1 Å². The van der Waals surface area contributed by atoms with Crippen molar-refractivity contribution >= 4 is 11.0 Å². The average Bonchev–Trinajstić information content (AvgIpc) is 3.15. The van der Waals surface area contributed by atoms with Gasteiger partial charge in [-0.2, -0.15) is 0 Å². The van der Waals surface area contributed by atoms with Gasteiger partial charge in [0.1, 0.15) is 11.6 Å². The van der Waals surface area contributed by atoms with E-state index in [2.05, 4.69) is 98.1 Å². The summed E-state index contributed by atoms with van der Waals surface area (Å²) in [4.78, 5) is 4.95. The summed E-state index contributed by atoms with van der Waals surface area (Å²) in [5, 5.41) is 0. The SMILES string of the molecule is Cc1ccc(C(C)C)c(OCCCCn2c(CCc3ccccc3)nc3ccccc32)c1. The molecule has 166 valence electrons. The normalized spacial score (nSPS) is 11.4. The molecule has 0 radical (unpaired) electrons. The molecule has 4 rings (SSSR count). The highest BCUT2D eigenvalue weighted by atomic mass is 16.5. The molecule has 4 aromatic rings. The smallest absolute Gasteiger partial charge is 0.122 e. The first-order chi connectivity index (χ1) is 15.6. The van der Waals surface area contributed by atoms with Crippen LogP contribution in [0.15, 0.2) is 72.8 Å². The summed E-state index contributed by atoms with van der Waals surface area (Å²) in [6.07, 6.45) is 4.06. The van der Waals surface area contributed by atoms with Crippen LogP contribution in [0.1, 0.15) is 55.1 Å². The van der Waals surface area contributed by atoms with Crippen LogP contribution in [0.2, 0.25) is 0 Å². The van der Waals surface area contributed by atoms with E-state index in [0.717, 1.165) is 50.1 Å². The van der Waals surface area contributed by atoms with Crippen LogP contribution in [0.5, 0.6) is 5.75 Å². The molecule has 0 aliphatic carbocycles. The standard InChI is InChI=1S/C29H34N2O/c1-22(2)25-17-15-23(3)21-28(25)32-20-10-9-19-31-27-14-8-7-13-26(27)30-29(31)18-16-24-11-5-4-6-12-24/h4-8,11-15,17,21-22H,9-10,16,18-20H2,1-3H3. The molecule has 3 nitrogen and oxygen atoms in total. The number of para-hydroxylation sites is 2. The van der Waals surface area contributed by atoms with E-state index in [1.165, 1.54) is 28.0 Å². The van der Waals surface area contributed by atoms with Crippen LogP contribution in [-0.4, -0.2) is 16.2 Å². The molecule has 1 heterocycles. The Balaban J connectivity index is 1.38. The van der Waals surface area contributed by atoms with E-state index in [0.29, 0.717) is 5.92 Å². The number of aromatic nitrogens is 2. The summed E-state index contributed by atoms with van der Waals surface area (Å²) in [6, 6.07) is 25.7. The lowest BCUT2D eigenvalue weighted by atomic mass is 10.0. The number of rotatable bonds is 10. The fraction of sp³-hybridized carbons (Fsp3) is 0.345. The molecule has 0 aliphatic rings. The van der Waals surface area contributed by atoms with Gasteiger partial charge in [-0.05, 0) is 67.0 Å². The molecular formula is C29H34N2O. The number of benzene rings is 3. The molecule has 0 saturated carbocycles. The van der Waals surface area contributed by atoms with Crippen LogP contribution >= 0.6 is 0 Å². The Kier molecular flexibility index (Phi) is 7.26. The fourth-order valence-electron chi connectivity index (χ4n) is 4.26. The summed E-state index contributed by atoms with van der Waals surface area (Å²) < 4.78 is 8.60. The largest absolute Gasteiger partial charge is 0.493 e. The molecule has 32 heavy (non-hydrogen) atoms. The lowest BCUT2D eigenvalue weighted by Gasteiger charge is -2.15. The Bertz CT molecular complexity index is 1140. The molecule has 0 N–H and O–H groups in total. The first-order valence-electron chi connectivity index (χ1n) is 11.8. The van der Waals surface area contributed by atoms with Gasteiger partial charge in [0.15, 0.2) is 0 Å². The van der Waals surface area contributed by atoms with Gasteiger partial charge in [-0.1, -0.05) is 68.4 Å². The number of nitrogens with zero attached hydrogens (tertiary/aromatic N) is 2. The quantitative estimate of drug-likeness (QED) is 0.253. The minimum atomic E-state index is 0.468. The van der Waals surface area contributed by atoms with Crippen molar-refractivity contribution in [1.82, 2.24) is 9.55 Å². The second-order valence-electron chi connectivity index (χ2n) is 8.91. The van der Waals surface area contributed by atoms with Gasteiger partial charge in [0.05, 0.1) is 17.6 Å². The van der Waals surface area contributed by atoms with Gasteiger partial charge in [0, 0.05) is 13.0 Å². The van der Waals surface area contributed by atoms with Crippen molar-refractivity contribution in [2.75, 3.05) is 6.61 Å². The van der Waals surface area contributed by atoms with E-state index in [1.54, 1.807) is 0 Å². The van der Waals surface area contributed by atoms with Crippen LogP contribution in [0.4, 0.5) is 0 Å². The van der Waals surface area contributed by atoms with Crippen molar-refractivity contribution in [3.05, 3.63) is 95.3 Å². The minimum Gasteiger partial charge on any atom is -0.493 e. The molecule has 0 spiro atoms. The van der Waals surface area contributed by atoms with E-state index in [1.807, 2.05) is 0 Å². The molecular weight excluding hydrogens is 392 g/mol. The number of imidazole rings is 1. The molecule has 0 amide bonds. The maximum atomic E-state index is 6.20. The van der Waals surface area contributed by atoms with Gasteiger partial charge in [0.2, 0.25) is 0 Å². The summed E-state index contributed by atoms with van der Waals surface area (Å²) in [5.74, 6) is 2.68. The molecule has 3 aromatic carbocycles. The first kappa shape index (κ1) is 22.1. The maximum absolute atomic E-state index is 6.20. The van der Waals surface area contributed by atoms with Gasteiger partial charge >= 0.3 is 0 Å². The highest BCUT2D eigenvalue weighted by molar-refractivity contribution is 5.75. The van der Waals surface area contributed by atoms with Gasteiger partial charge < -0.3 is 9.30 Å². The Hall–Kier alpha value is -3.07. The molecule has 3 heteroatoms. The van der Waals surface area contributed by atoms with Gasteiger partial charge in [-0.15, -0.1) is 0 Å². The molecule has 1 aromatic heterocycles. The van der Waals surface area contributed by atoms with E-state index >= 15 is 0 Å². The second kappa shape index (κ2) is 10.5. The highest BCUT2D eigenvalue weighted by Gasteiger charge is 2.11. The zero-order valence-electron chi connectivity index (χ0n) is 19.6. The zero-order valence-corrected chi connectivity index (χ0v) is 19.6. The van der Waals surface area contributed by atoms with Crippen molar-refractivity contribution in [2.24, 2.45) is 0 Å². The van der Waals surface area contributed by atoms with Crippen molar-refractivity contribution in [3.8, 4) is 5.75 Å². The maximum Gasteiger partial charge on any atom is 0.122 e. The van der Waals surface area contributed by atoms with Gasteiger partial charge in [-0.3, -0.25) is 0 Å². The Labute approximate surface area is 192 Å². The minimum absolute atomic E-state index is 0.468. The number of unbranched alkanes of at least 4 members (excludes halogenated alkanes) is 1. The van der Waals surface area contributed by atoms with Crippen molar-refractivity contribution in [3.63, 3.8) is 0 Å². The van der Waals surface area contributed by atoms with E-state index < -0.39 is 0 Å². The van der Waals surface area contributed by atoms with Crippen LogP contribution in [0.25, 0.3) is 11.0 Å². The third kappa shape index (κ3) is 5.40. The molecule has 0 saturated heterocycles. The van der Waals surface area contributed by atoms with E-state index in [4.69, 9.17) is 9.72 Å². The summed E-state index contributed by atoms with van der Waals surface area (Å²) >= 11 is 0. The Morgan fingerprint density at radius 1 is 0.875 bits per heavy atom. The lowest BCUT2D eigenvalue weighted by Crippen LogP contribution is -2.08. The lowest BCUT2D eigenvalue weighted by molar-refractivity contribution is 0.299. The molecule has 0 aliphatic heterocycles. The monoisotopic (exact) mass is 426 g/mol. The molecule has 0 fully saturated rings. The van der Waals surface area contributed by atoms with Crippen molar-refractivity contribution in [2.45, 2.75) is 58.9 Å².